The molecule has 1 saturated carbocycles. The van der Waals surface area contributed by atoms with Crippen molar-refractivity contribution >= 4 is 40.4 Å². The first-order chi connectivity index (χ1) is 18.2. The number of halogens is 2. The van der Waals surface area contributed by atoms with Crippen molar-refractivity contribution in [3.05, 3.63) is 57.1 Å². The van der Waals surface area contributed by atoms with Crippen LogP contribution in [-0.2, 0) is 24.8 Å². The van der Waals surface area contributed by atoms with Crippen LogP contribution in [0.25, 0.3) is 10.9 Å². The Hall–Kier alpha value is -3.38. The average Bonchev–Trinajstić information content (AvgIpc) is 2.89. The zero-order chi connectivity index (χ0) is 27.0. The zero-order valence-electron chi connectivity index (χ0n) is 20.7. The van der Waals surface area contributed by atoms with Gasteiger partial charge in [0.05, 0.1) is 28.5 Å². The van der Waals surface area contributed by atoms with Gasteiger partial charge in [-0.2, -0.15) is 0 Å². The molecule has 1 fully saturated rings. The van der Waals surface area contributed by atoms with Crippen molar-refractivity contribution in [2.75, 3.05) is 11.1 Å². The molecule has 3 N–H and O–H groups in total. The third-order valence-corrected chi connectivity index (χ3v) is 8.27. The molecule has 0 atom stereocenters. The summed E-state index contributed by atoms with van der Waals surface area (Å²) in [5, 5.41) is 16.2. The van der Waals surface area contributed by atoms with Crippen molar-refractivity contribution in [2.24, 2.45) is 13.0 Å². The van der Waals surface area contributed by atoms with E-state index in [0.717, 1.165) is 48.7 Å². The van der Waals surface area contributed by atoms with Crippen LogP contribution >= 0.6 is 11.8 Å². The number of carboxylic acids is 1. The maximum atomic E-state index is 14.8. The molecule has 9 nitrogen and oxygen atoms in total. The number of hydrogen-bond donors (Lipinski definition) is 3. The molecule has 0 radical (unpaired) electrons. The van der Waals surface area contributed by atoms with Crippen LogP contribution in [0.5, 0.6) is 0 Å². The molecule has 12 heteroatoms. The number of carbonyl (C=O) groups excluding carboxylic acids is 1. The molecule has 2 aromatic heterocycles. The number of anilines is 1. The number of nitrogens with zero attached hydrogens (tertiary/aromatic N) is 3. The molecule has 5 rings (SSSR count). The van der Waals surface area contributed by atoms with E-state index >= 15 is 0 Å². The molecule has 38 heavy (non-hydrogen) atoms. The molecule has 2 aliphatic rings. The first-order valence-electron chi connectivity index (χ1n) is 12.5. The topological polar surface area (TPSA) is 126 Å². The standard InChI is InChI=1S/C26H27F2N5O4S/c1-33-11-17(26(36)37)23(35)21-16(18(27)8-19(28)22(21)33)7-4-13-2-5-14(6-3-13)29-9-15-10-30-25-24(31-15)32-20(34)12-38-25/h8,10-11,13-14,29H,2-7,9,12H2,1H3,(H,36,37)(H,31,32,34). The quantitative estimate of drug-likeness (QED) is 0.413. The van der Waals surface area contributed by atoms with Gasteiger partial charge in [0.15, 0.2) is 11.6 Å². The van der Waals surface area contributed by atoms with Crippen LogP contribution in [0.1, 0.15) is 53.7 Å². The number of aromatic carboxylic acids is 1. The van der Waals surface area contributed by atoms with Crippen molar-refractivity contribution in [2.45, 2.75) is 56.1 Å². The van der Waals surface area contributed by atoms with Gasteiger partial charge in [0.25, 0.3) is 0 Å². The molecular formula is C26H27F2N5O4S. The van der Waals surface area contributed by atoms with Gasteiger partial charge in [-0.15, -0.1) is 0 Å². The van der Waals surface area contributed by atoms with E-state index in [2.05, 4.69) is 20.6 Å². The number of hydrogen-bond acceptors (Lipinski definition) is 7. The number of carbonyl (C=O) groups is 2. The highest BCUT2D eigenvalue weighted by atomic mass is 32.2. The van der Waals surface area contributed by atoms with Crippen molar-refractivity contribution in [3.8, 4) is 0 Å². The smallest absolute Gasteiger partial charge is 0.341 e. The Morgan fingerprint density at radius 2 is 2.00 bits per heavy atom. The molecule has 1 aliphatic carbocycles. The van der Waals surface area contributed by atoms with Crippen molar-refractivity contribution in [1.82, 2.24) is 19.9 Å². The highest BCUT2D eigenvalue weighted by Gasteiger charge is 2.25. The Kier molecular flexibility index (Phi) is 7.44. The van der Waals surface area contributed by atoms with E-state index in [-0.39, 0.29) is 34.8 Å². The third kappa shape index (κ3) is 5.28. The molecule has 3 heterocycles. The van der Waals surface area contributed by atoms with Gasteiger partial charge in [-0.3, -0.25) is 9.59 Å². The lowest BCUT2D eigenvalue weighted by molar-refractivity contribution is -0.113. The van der Waals surface area contributed by atoms with Crippen molar-refractivity contribution < 1.29 is 23.5 Å². The molecule has 1 aromatic carbocycles. The summed E-state index contributed by atoms with van der Waals surface area (Å²) in [7, 11) is 1.44. The summed E-state index contributed by atoms with van der Waals surface area (Å²) in [4.78, 5) is 44.8. The average molecular weight is 544 g/mol. The minimum Gasteiger partial charge on any atom is -0.477 e. The molecule has 0 bridgehead atoms. The first kappa shape index (κ1) is 26.2. The minimum absolute atomic E-state index is 0.0709. The number of thioether (sulfide) groups is 1. The van der Waals surface area contributed by atoms with Gasteiger partial charge in [0.1, 0.15) is 16.4 Å². The predicted octanol–water partition coefficient (Wildman–Crippen LogP) is 3.63. The molecule has 1 amide bonds. The molecule has 200 valence electrons. The summed E-state index contributed by atoms with van der Waals surface area (Å²) in [6, 6.07) is 1.05. The fourth-order valence-corrected chi connectivity index (χ4v) is 6.03. The fourth-order valence-electron chi connectivity index (χ4n) is 5.33. The SMILES string of the molecule is Cn1cc(C(=O)O)c(=O)c2c(CCC3CCC(NCc4cnc5c(n4)NC(=O)CS5)CC3)c(F)cc(F)c21. The molecule has 1 aliphatic heterocycles. The Morgan fingerprint density at radius 1 is 1.24 bits per heavy atom. The maximum Gasteiger partial charge on any atom is 0.341 e. The van der Waals surface area contributed by atoms with Crippen molar-refractivity contribution in [1.29, 1.82) is 0 Å². The Labute approximate surface area is 221 Å². The second-order valence-electron chi connectivity index (χ2n) is 9.82. The summed E-state index contributed by atoms with van der Waals surface area (Å²) < 4.78 is 30.6. The van der Waals surface area contributed by atoms with Crippen LogP contribution in [-0.4, -0.2) is 43.3 Å². The van der Waals surface area contributed by atoms with Gasteiger partial charge in [-0.25, -0.2) is 23.5 Å². The van der Waals surface area contributed by atoms with E-state index in [1.54, 1.807) is 6.20 Å². The highest BCUT2D eigenvalue weighted by molar-refractivity contribution is 8.00. The fraction of sp³-hybridized carbons (Fsp3) is 0.423. The number of aryl methyl sites for hydroxylation is 2. The molecular weight excluding hydrogens is 516 g/mol. The monoisotopic (exact) mass is 543 g/mol. The summed E-state index contributed by atoms with van der Waals surface area (Å²) in [5.74, 6) is -2.10. The van der Waals surface area contributed by atoms with Gasteiger partial charge < -0.3 is 20.3 Å². The summed E-state index contributed by atoms with van der Waals surface area (Å²) in [6.45, 7) is 0.526. The second-order valence-corrected chi connectivity index (χ2v) is 10.8. The number of carboxylic acid groups (broad SMARTS) is 1. The number of fused-ring (bicyclic) bond motifs is 2. The normalized spacial score (nSPS) is 19.3. The minimum atomic E-state index is -1.43. The van der Waals surface area contributed by atoms with E-state index in [1.807, 2.05) is 0 Å². The molecule has 0 unspecified atom stereocenters. The van der Waals surface area contributed by atoms with Crippen LogP contribution in [0.4, 0.5) is 14.6 Å². The van der Waals surface area contributed by atoms with E-state index < -0.39 is 28.6 Å². The van der Waals surface area contributed by atoms with Crippen molar-refractivity contribution in [3.63, 3.8) is 0 Å². The van der Waals surface area contributed by atoms with Crippen LogP contribution < -0.4 is 16.1 Å². The van der Waals surface area contributed by atoms with Gasteiger partial charge in [0, 0.05) is 37.5 Å². The summed E-state index contributed by atoms with van der Waals surface area (Å²) in [6.07, 6.45) is 7.23. The van der Waals surface area contributed by atoms with Gasteiger partial charge in [0.2, 0.25) is 11.3 Å². The Bertz CT molecular complexity index is 1490. The van der Waals surface area contributed by atoms with Gasteiger partial charge >= 0.3 is 5.97 Å². The maximum absolute atomic E-state index is 14.8. The molecule has 0 spiro atoms. The number of nitrogens with one attached hydrogen (secondary N) is 2. The van der Waals surface area contributed by atoms with Crippen LogP contribution in [0, 0.1) is 17.6 Å². The zero-order valence-corrected chi connectivity index (χ0v) is 21.5. The van der Waals surface area contributed by atoms with Gasteiger partial charge in [-0.1, -0.05) is 11.8 Å². The largest absolute Gasteiger partial charge is 0.477 e. The number of pyridine rings is 1. The lowest BCUT2D eigenvalue weighted by Crippen LogP contribution is -2.33. The lowest BCUT2D eigenvalue weighted by atomic mass is 9.82. The van der Waals surface area contributed by atoms with E-state index in [4.69, 9.17) is 0 Å². The van der Waals surface area contributed by atoms with E-state index in [1.165, 1.54) is 23.4 Å². The predicted molar refractivity (Wildman–Crippen MR) is 138 cm³/mol. The summed E-state index contributed by atoms with van der Waals surface area (Å²) >= 11 is 1.37. The van der Waals surface area contributed by atoms with E-state index in [0.29, 0.717) is 30.5 Å². The number of amides is 1. The van der Waals surface area contributed by atoms with E-state index in [9.17, 15) is 28.3 Å². The summed E-state index contributed by atoms with van der Waals surface area (Å²) in [5.41, 5.74) is -0.651. The van der Waals surface area contributed by atoms with Crippen LogP contribution in [0.3, 0.4) is 0 Å². The van der Waals surface area contributed by atoms with Crippen LogP contribution in [0.15, 0.2) is 28.3 Å². The molecule has 3 aromatic rings. The second kappa shape index (κ2) is 10.8. The lowest BCUT2D eigenvalue weighted by Gasteiger charge is -2.29. The third-order valence-electron chi connectivity index (χ3n) is 7.29. The Morgan fingerprint density at radius 3 is 2.74 bits per heavy atom. The highest BCUT2D eigenvalue weighted by Crippen LogP contribution is 2.31. The molecule has 0 saturated heterocycles. The number of rotatable bonds is 7. The number of aromatic nitrogens is 3. The van der Waals surface area contributed by atoms with Crippen LogP contribution in [0.2, 0.25) is 0 Å². The Balaban J connectivity index is 1.21. The number of benzene rings is 1. The first-order valence-corrected chi connectivity index (χ1v) is 13.4. The van der Waals surface area contributed by atoms with Gasteiger partial charge in [-0.05, 0) is 44.4 Å².